The number of hydrogen-bond donors (Lipinski definition) is 1. The number of para-hydroxylation sites is 3. The molecule has 4 rings (SSSR count). The molecule has 0 unspecified atom stereocenters. The van der Waals surface area contributed by atoms with E-state index < -0.39 is 23.7 Å². The summed E-state index contributed by atoms with van der Waals surface area (Å²) in [5.41, 5.74) is 1.44. The highest BCUT2D eigenvalue weighted by Crippen LogP contribution is 2.23. The van der Waals surface area contributed by atoms with Gasteiger partial charge in [-0.2, -0.15) is 0 Å². The first-order valence-corrected chi connectivity index (χ1v) is 10.0. The molecule has 8 nitrogen and oxygen atoms in total. The van der Waals surface area contributed by atoms with Gasteiger partial charge < -0.3 is 10.1 Å². The van der Waals surface area contributed by atoms with Crippen LogP contribution in [-0.2, 0) is 11.3 Å². The second kappa shape index (κ2) is 8.50. The SMILES string of the molecule is COc1ccccc1NC(=O)Cn1c(=O)c2c(C)cc(C)nc2n(-c2ccccc2)c1=O. The second-order valence-corrected chi connectivity index (χ2v) is 7.37. The smallest absolute Gasteiger partial charge is 0.337 e. The number of aromatic nitrogens is 3. The van der Waals surface area contributed by atoms with Crippen molar-refractivity contribution in [1.82, 2.24) is 14.1 Å². The number of nitrogens with one attached hydrogen (secondary N) is 1. The average Bonchev–Trinajstić information content (AvgIpc) is 2.77. The summed E-state index contributed by atoms with van der Waals surface area (Å²) in [5.74, 6) is -0.0469. The van der Waals surface area contributed by atoms with Gasteiger partial charge >= 0.3 is 5.69 Å². The topological polar surface area (TPSA) is 95.2 Å². The van der Waals surface area contributed by atoms with Crippen molar-refractivity contribution >= 4 is 22.6 Å². The fourth-order valence-electron chi connectivity index (χ4n) is 3.71. The number of nitrogens with zero attached hydrogens (tertiary/aromatic N) is 3. The number of aryl methyl sites for hydroxylation is 2. The van der Waals surface area contributed by atoms with E-state index >= 15 is 0 Å². The molecule has 0 saturated carbocycles. The van der Waals surface area contributed by atoms with Gasteiger partial charge in [-0.25, -0.2) is 18.9 Å². The first-order valence-electron chi connectivity index (χ1n) is 10.0. The monoisotopic (exact) mass is 430 g/mol. The van der Waals surface area contributed by atoms with Gasteiger partial charge in [0.2, 0.25) is 5.91 Å². The van der Waals surface area contributed by atoms with Crippen LogP contribution in [0.25, 0.3) is 16.7 Å². The molecule has 0 aliphatic rings. The highest BCUT2D eigenvalue weighted by atomic mass is 16.5. The van der Waals surface area contributed by atoms with Gasteiger partial charge in [0.1, 0.15) is 12.3 Å². The minimum absolute atomic E-state index is 0.269. The Morgan fingerprint density at radius 3 is 2.44 bits per heavy atom. The van der Waals surface area contributed by atoms with Crippen molar-refractivity contribution in [2.45, 2.75) is 20.4 Å². The van der Waals surface area contributed by atoms with E-state index in [9.17, 15) is 14.4 Å². The number of benzene rings is 2. The molecule has 0 atom stereocenters. The summed E-state index contributed by atoms with van der Waals surface area (Å²) in [5, 5.41) is 3.00. The van der Waals surface area contributed by atoms with E-state index in [1.54, 1.807) is 68.4 Å². The summed E-state index contributed by atoms with van der Waals surface area (Å²) in [6.45, 7) is 3.14. The van der Waals surface area contributed by atoms with Crippen LogP contribution in [0.3, 0.4) is 0 Å². The lowest BCUT2D eigenvalue weighted by molar-refractivity contribution is -0.116. The number of pyridine rings is 1. The Morgan fingerprint density at radius 1 is 1.03 bits per heavy atom. The molecular weight excluding hydrogens is 408 g/mol. The van der Waals surface area contributed by atoms with Crippen LogP contribution in [0.4, 0.5) is 5.69 Å². The number of fused-ring (bicyclic) bond motifs is 1. The zero-order chi connectivity index (χ0) is 22.8. The number of rotatable bonds is 5. The zero-order valence-corrected chi connectivity index (χ0v) is 18.0. The molecule has 1 amide bonds. The van der Waals surface area contributed by atoms with Crippen LogP contribution in [0.1, 0.15) is 11.3 Å². The van der Waals surface area contributed by atoms with E-state index in [1.165, 1.54) is 11.7 Å². The van der Waals surface area contributed by atoms with Crippen molar-refractivity contribution in [2.24, 2.45) is 0 Å². The fourth-order valence-corrected chi connectivity index (χ4v) is 3.71. The molecule has 0 fully saturated rings. The molecular formula is C24H22N4O4. The lowest BCUT2D eigenvalue weighted by Gasteiger charge is -2.15. The van der Waals surface area contributed by atoms with Crippen LogP contribution in [0.2, 0.25) is 0 Å². The van der Waals surface area contributed by atoms with Crippen molar-refractivity contribution in [3.05, 3.63) is 92.8 Å². The van der Waals surface area contributed by atoms with E-state index in [-0.39, 0.29) is 5.65 Å². The van der Waals surface area contributed by atoms with Gasteiger partial charge in [0.25, 0.3) is 5.56 Å². The van der Waals surface area contributed by atoms with Crippen molar-refractivity contribution in [1.29, 1.82) is 0 Å². The Kier molecular flexibility index (Phi) is 5.59. The summed E-state index contributed by atoms with van der Waals surface area (Å²) in [6.07, 6.45) is 0. The van der Waals surface area contributed by atoms with Gasteiger partial charge in [0.05, 0.1) is 23.9 Å². The van der Waals surface area contributed by atoms with Crippen molar-refractivity contribution in [3.63, 3.8) is 0 Å². The molecule has 8 heteroatoms. The summed E-state index contributed by atoms with van der Waals surface area (Å²) < 4.78 is 7.55. The molecule has 0 aliphatic heterocycles. The number of ether oxygens (including phenoxy) is 1. The average molecular weight is 430 g/mol. The van der Waals surface area contributed by atoms with Crippen molar-refractivity contribution in [3.8, 4) is 11.4 Å². The summed E-state index contributed by atoms with van der Waals surface area (Å²) >= 11 is 0. The molecule has 2 aromatic heterocycles. The molecule has 0 saturated heterocycles. The minimum atomic E-state index is -0.638. The van der Waals surface area contributed by atoms with Crippen LogP contribution >= 0.6 is 0 Å². The largest absolute Gasteiger partial charge is 0.495 e. The van der Waals surface area contributed by atoms with Gasteiger partial charge in [-0.05, 0) is 49.7 Å². The Labute approximate surface area is 183 Å². The molecule has 0 bridgehead atoms. The maximum absolute atomic E-state index is 13.4. The van der Waals surface area contributed by atoms with Gasteiger partial charge in [0.15, 0.2) is 5.65 Å². The maximum atomic E-state index is 13.4. The first-order chi connectivity index (χ1) is 15.4. The van der Waals surface area contributed by atoms with Crippen molar-refractivity contribution < 1.29 is 9.53 Å². The third-order valence-electron chi connectivity index (χ3n) is 5.12. The number of anilines is 1. The lowest BCUT2D eigenvalue weighted by Crippen LogP contribution is -2.42. The molecule has 0 aliphatic carbocycles. The molecule has 0 spiro atoms. The minimum Gasteiger partial charge on any atom is -0.495 e. The highest BCUT2D eigenvalue weighted by molar-refractivity contribution is 5.92. The predicted octanol–water partition coefficient (Wildman–Crippen LogP) is 2.81. The normalized spacial score (nSPS) is 10.8. The fraction of sp³-hybridized carbons (Fsp3) is 0.167. The molecule has 2 heterocycles. The number of amides is 1. The van der Waals surface area contributed by atoms with Gasteiger partial charge in [-0.15, -0.1) is 0 Å². The second-order valence-electron chi connectivity index (χ2n) is 7.37. The van der Waals surface area contributed by atoms with E-state index in [0.717, 1.165) is 4.57 Å². The third-order valence-corrected chi connectivity index (χ3v) is 5.12. The quantitative estimate of drug-likeness (QED) is 0.525. The van der Waals surface area contributed by atoms with Crippen LogP contribution < -0.4 is 21.3 Å². The Bertz CT molecular complexity index is 1440. The zero-order valence-electron chi connectivity index (χ0n) is 18.0. The molecule has 32 heavy (non-hydrogen) atoms. The molecule has 0 radical (unpaired) electrons. The molecule has 4 aromatic rings. The number of carbonyl (C=O) groups excluding carboxylic acids is 1. The van der Waals surface area contributed by atoms with Crippen LogP contribution in [0, 0.1) is 13.8 Å². The molecule has 1 N–H and O–H groups in total. The Hall–Kier alpha value is -4.20. The van der Waals surface area contributed by atoms with Gasteiger partial charge in [-0.1, -0.05) is 30.3 Å². The number of methoxy groups -OCH3 is 1. The highest BCUT2D eigenvalue weighted by Gasteiger charge is 2.20. The molecule has 2 aromatic carbocycles. The summed E-state index contributed by atoms with van der Waals surface area (Å²) in [7, 11) is 1.50. The number of carbonyl (C=O) groups is 1. The molecule has 162 valence electrons. The third kappa shape index (κ3) is 3.78. The van der Waals surface area contributed by atoms with E-state index in [2.05, 4.69) is 10.3 Å². The van der Waals surface area contributed by atoms with Crippen LogP contribution in [-0.4, -0.2) is 27.1 Å². The summed E-state index contributed by atoms with van der Waals surface area (Å²) in [4.78, 5) is 44.0. The standard InChI is InChI=1S/C24H22N4O4/c1-15-13-16(2)25-22-21(15)23(30)27(24(31)28(22)17-9-5-4-6-10-17)14-20(29)26-18-11-7-8-12-19(18)32-3/h4-13H,14H2,1-3H3,(H,26,29). The van der Waals surface area contributed by atoms with Gasteiger partial charge in [0, 0.05) is 5.69 Å². The van der Waals surface area contributed by atoms with Crippen LogP contribution in [0.15, 0.2) is 70.3 Å². The maximum Gasteiger partial charge on any atom is 0.337 e. The van der Waals surface area contributed by atoms with Crippen molar-refractivity contribution in [2.75, 3.05) is 12.4 Å². The van der Waals surface area contributed by atoms with Crippen LogP contribution in [0.5, 0.6) is 5.75 Å². The van der Waals surface area contributed by atoms with Gasteiger partial charge in [-0.3, -0.25) is 9.59 Å². The van der Waals surface area contributed by atoms with E-state index in [1.807, 2.05) is 6.07 Å². The summed E-state index contributed by atoms with van der Waals surface area (Å²) in [6, 6.07) is 17.6. The van der Waals surface area contributed by atoms with E-state index in [4.69, 9.17) is 4.74 Å². The first kappa shape index (κ1) is 21.0. The predicted molar refractivity (Wildman–Crippen MR) is 123 cm³/mol. The Balaban J connectivity index is 1.88. The van der Waals surface area contributed by atoms with E-state index in [0.29, 0.717) is 33.8 Å². The lowest BCUT2D eigenvalue weighted by atomic mass is 10.1. The number of hydrogen-bond acceptors (Lipinski definition) is 5. The Morgan fingerprint density at radius 2 is 1.72 bits per heavy atom.